The molecule has 18 heavy (non-hydrogen) atoms. The molecule has 0 aliphatic carbocycles. The van der Waals surface area contributed by atoms with Crippen LogP contribution in [-0.4, -0.2) is 29.9 Å². The van der Waals surface area contributed by atoms with Crippen LogP contribution in [0.1, 0.15) is 31.9 Å². The molecule has 1 rings (SSSR count). The van der Waals surface area contributed by atoms with Gasteiger partial charge in [-0.1, -0.05) is 6.07 Å². The Hall–Kier alpha value is -1.06. The fraction of sp³-hybridized carbons (Fsp3) is 0.600. The molecule has 0 bridgehead atoms. The lowest BCUT2D eigenvalue weighted by molar-refractivity contribution is 0.1000. The van der Waals surface area contributed by atoms with Crippen molar-refractivity contribution in [2.45, 2.75) is 46.3 Å². The van der Waals surface area contributed by atoms with Crippen LogP contribution in [0.4, 0.5) is 0 Å². The van der Waals surface area contributed by atoms with Gasteiger partial charge in [0.05, 0.1) is 0 Å². The smallest absolute Gasteiger partial charge is 0.119 e. The SMILES string of the molecule is Cc1cc(C)cc(OC[C@H](O)CNC(C)(C)C)c1. The molecular formula is C15H25NO2. The molecule has 0 unspecified atom stereocenters. The second-order valence-electron chi connectivity index (χ2n) is 5.92. The number of aryl methyl sites for hydroxylation is 2. The normalized spacial score (nSPS) is 13.4. The van der Waals surface area contributed by atoms with Crippen LogP contribution in [0.2, 0.25) is 0 Å². The van der Waals surface area contributed by atoms with E-state index in [2.05, 4.69) is 32.2 Å². The molecule has 0 saturated heterocycles. The van der Waals surface area contributed by atoms with Gasteiger partial charge in [0, 0.05) is 12.1 Å². The third-order valence-corrected chi connectivity index (χ3v) is 2.51. The van der Waals surface area contributed by atoms with Gasteiger partial charge in [-0.3, -0.25) is 0 Å². The first-order valence-electron chi connectivity index (χ1n) is 6.40. The predicted molar refractivity (Wildman–Crippen MR) is 75.2 cm³/mol. The van der Waals surface area contributed by atoms with E-state index in [-0.39, 0.29) is 5.54 Å². The van der Waals surface area contributed by atoms with E-state index in [1.165, 1.54) is 11.1 Å². The Labute approximate surface area is 110 Å². The Morgan fingerprint density at radius 2 is 1.72 bits per heavy atom. The van der Waals surface area contributed by atoms with Crippen molar-refractivity contribution in [2.24, 2.45) is 0 Å². The first-order valence-corrected chi connectivity index (χ1v) is 6.40. The van der Waals surface area contributed by atoms with E-state index in [0.29, 0.717) is 13.2 Å². The van der Waals surface area contributed by atoms with E-state index in [9.17, 15) is 5.11 Å². The summed E-state index contributed by atoms with van der Waals surface area (Å²) in [5.41, 5.74) is 2.36. The quantitative estimate of drug-likeness (QED) is 0.844. The number of benzene rings is 1. The summed E-state index contributed by atoms with van der Waals surface area (Å²) in [7, 11) is 0. The number of rotatable bonds is 5. The Kier molecular flexibility index (Phi) is 5.17. The van der Waals surface area contributed by atoms with Gasteiger partial charge in [-0.25, -0.2) is 0 Å². The molecule has 0 aliphatic rings. The highest BCUT2D eigenvalue weighted by Crippen LogP contribution is 2.16. The average Bonchev–Trinajstić information content (AvgIpc) is 2.21. The zero-order valence-corrected chi connectivity index (χ0v) is 12.1. The summed E-state index contributed by atoms with van der Waals surface area (Å²) < 4.78 is 5.60. The Balaban J connectivity index is 2.40. The molecule has 1 aromatic rings. The van der Waals surface area contributed by atoms with Crippen LogP contribution in [0, 0.1) is 13.8 Å². The highest BCUT2D eigenvalue weighted by Gasteiger charge is 2.12. The van der Waals surface area contributed by atoms with Gasteiger partial charge in [-0.15, -0.1) is 0 Å². The summed E-state index contributed by atoms with van der Waals surface area (Å²) in [6, 6.07) is 6.07. The van der Waals surface area contributed by atoms with Crippen LogP contribution in [0.25, 0.3) is 0 Å². The van der Waals surface area contributed by atoms with Gasteiger partial charge in [0.25, 0.3) is 0 Å². The van der Waals surface area contributed by atoms with Crippen LogP contribution in [-0.2, 0) is 0 Å². The lowest BCUT2D eigenvalue weighted by atomic mass is 10.1. The van der Waals surface area contributed by atoms with Crippen molar-refractivity contribution >= 4 is 0 Å². The fourth-order valence-electron chi connectivity index (χ4n) is 1.69. The standard InChI is InChI=1S/C15H25NO2/c1-11-6-12(2)8-14(7-11)18-10-13(17)9-16-15(3,4)5/h6-8,13,16-17H,9-10H2,1-5H3/t13-/m1/s1. The van der Waals surface area contributed by atoms with Crippen molar-refractivity contribution in [1.29, 1.82) is 0 Å². The van der Waals surface area contributed by atoms with Crippen molar-refractivity contribution in [3.8, 4) is 5.75 Å². The third kappa shape index (κ3) is 6.03. The van der Waals surface area contributed by atoms with Gasteiger partial charge in [0.1, 0.15) is 18.5 Å². The maximum atomic E-state index is 9.82. The number of aliphatic hydroxyl groups excluding tert-OH is 1. The molecule has 102 valence electrons. The predicted octanol–water partition coefficient (Wildman–Crippen LogP) is 2.43. The van der Waals surface area contributed by atoms with Gasteiger partial charge in [-0.05, 0) is 57.9 Å². The number of β-amino-alcohol motifs (C(OH)–C–C–N with tert-alkyl or cyclic N) is 1. The molecule has 1 atom stereocenters. The van der Waals surface area contributed by atoms with Gasteiger partial charge >= 0.3 is 0 Å². The first-order chi connectivity index (χ1) is 8.26. The van der Waals surface area contributed by atoms with Crippen molar-refractivity contribution in [3.63, 3.8) is 0 Å². The highest BCUT2D eigenvalue weighted by molar-refractivity contribution is 5.32. The number of hydrogen-bond donors (Lipinski definition) is 2. The molecule has 0 fully saturated rings. The van der Waals surface area contributed by atoms with Gasteiger partial charge in [0.2, 0.25) is 0 Å². The molecule has 2 N–H and O–H groups in total. The maximum absolute atomic E-state index is 9.82. The van der Waals surface area contributed by atoms with Crippen molar-refractivity contribution in [3.05, 3.63) is 29.3 Å². The first kappa shape index (κ1) is 15.0. The van der Waals surface area contributed by atoms with E-state index in [4.69, 9.17) is 4.74 Å². The van der Waals surface area contributed by atoms with Gasteiger partial charge in [0.15, 0.2) is 0 Å². The van der Waals surface area contributed by atoms with E-state index in [0.717, 1.165) is 5.75 Å². The zero-order valence-electron chi connectivity index (χ0n) is 12.1. The fourth-order valence-corrected chi connectivity index (χ4v) is 1.69. The van der Waals surface area contributed by atoms with Crippen molar-refractivity contribution < 1.29 is 9.84 Å². The topological polar surface area (TPSA) is 41.5 Å². The molecule has 0 heterocycles. The summed E-state index contributed by atoms with van der Waals surface area (Å²) in [6.45, 7) is 11.1. The largest absolute Gasteiger partial charge is 0.491 e. The summed E-state index contributed by atoms with van der Waals surface area (Å²) in [6.07, 6.45) is -0.495. The summed E-state index contributed by atoms with van der Waals surface area (Å²) in [5.74, 6) is 0.822. The maximum Gasteiger partial charge on any atom is 0.119 e. The van der Waals surface area contributed by atoms with Crippen LogP contribution >= 0.6 is 0 Å². The number of hydrogen-bond acceptors (Lipinski definition) is 3. The van der Waals surface area contributed by atoms with E-state index >= 15 is 0 Å². The third-order valence-electron chi connectivity index (χ3n) is 2.51. The van der Waals surface area contributed by atoms with Crippen LogP contribution in [0.15, 0.2) is 18.2 Å². The second kappa shape index (κ2) is 6.21. The zero-order chi connectivity index (χ0) is 13.8. The van der Waals surface area contributed by atoms with Crippen LogP contribution in [0.5, 0.6) is 5.75 Å². The number of ether oxygens (including phenoxy) is 1. The molecule has 3 heteroatoms. The molecule has 0 aromatic heterocycles. The average molecular weight is 251 g/mol. The lowest BCUT2D eigenvalue weighted by Crippen LogP contribution is -2.42. The monoisotopic (exact) mass is 251 g/mol. The molecule has 0 aliphatic heterocycles. The second-order valence-corrected chi connectivity index (χ2v) is 5.92. The van der Waals surface area contributed by atoms with Crippen LogP contribution in [0.3, 0.4) is 0 Å². The van der Waals surface area contributed by atoms with E-state index in [1.807, 2.05) is 26.0 Å². The Morgan fingerprint density at radius 1 is 1.17 bits per heavy atom. The van der Waals surface area contributed by atoms with Crippen molar-refractivity contribution in [1.82, 2.24) is 5.32 Å². The van der Waals surface area contributed by atoms with Gasteiger partial charge < -0.3 is 15.2 Å². The molecule has 1 aromatic carbocycles. The Morgan fingerprint density at radius 3 is 2.22 bits per heavy atom. The molecule has 0 radical (unpaired) electrons. The van der Waals surface area contributed by atoms with E-state index < -0.39 is 6.10 Å². The summed E-state index contributed by atoms with van der Waals surface area (Å²) in [4.78, 5) is 0. The Bertz CT molecular complexity index is 362. The van der Waals surface area contributed by atoms with Gasteiger partial charge in [-0.2, -0.15) is 0 Å². The number of aliphatic hydroxyl groups is 1. The minimum atomic E-state index is -0.495. The van der Waals surface area contributed by atoms with Crippen molar-refractivity contribution in [2.75, 3.05) is 13.2 Å². The molecule has 3 nitrogen and oxygen atoms in total. The van der Waals surface area contributed by atoms with E-state index in [1.54, 1.807) is 0 Å². The summed E-state index contributed by atoms with van der Waals surface area (Å²) in [5, 5.41) is 13.1. The molecule has 0 spiro atoms. The minimum Gasteiger partial charge on any atom is -0.491 e. The molecular weight excluding hydrogens is 226 g/mol. The molecule has 0 saturated carbocycles. The minimum absolute atomic E-state index is 0.0148. The lowest BCUT2D eigenvalue weighted by Gasteiger charge is -2.23. The van der Waals surface area contributed by atoms with Crippen LogP contribution < -0.4 is 10.1 Å². The number of nitrogens with one attached hydrogen (secondary N) is 1. The summed E-state index contributed by atoms with van der Waals surface area (Å²) >= 11 is 0. The molecule has 0 amide bonds. The highest BCUT2D eigenvalue weighted by atomic mass is 16.5.